The van der Waals surface area contributed by atoms with Gasteiger partial charge in [-0.2, -0.15) is 0 Å². The summed E-state index contributed by atoms with van der Waals surface area (Å²) in [5.41, 5.74) is 2.69. The molecule has 1 aromatic heterocycles. The minimum Gasteiger partial charge on any atom is -0.423 e. The molecule has 0 spiro atoms. The Morgan fingerprint density at radius 1 is 1.00 bits per heavy atom. The van der Waals surface area contributed by atoms with Gasteiger partial charge in [0.15, 0.2) is 0 Å². The number of piperidine rings is 1. The molecule has 2 heterocycles. The molecule has 0 bridgehead atoms. The lowest BCUT2D eigenvalue weighted by atomic mass is 9.78. The van der Waals surface area contributed by atoms with Gasteiger partial charge in [-0.3, -0.25) is 4.98 Å². The molecule has 0 amide bonds. The van der Waals surface area contributed by atoms with E-state index < -0.39 is 7.12 Å². The monoisotopic (exact) mass is 246 g/mol. The van der Waals surface area contributed by atoms with Gasteiger partial charge in [0, 0.05) is 23.2 Å². The molecule has 1 saturated heterocycles. The predicted octanol–water partition coefficient (Wildman–Crippen LogP) is 0.106. The van der Waals surface area contributed by atoms with E-state index in [4.69, 9.17) is 4.98 Å². The van der Waals surface area contributed by atoms with Crippen LogP contribution >= 0.6 is 0 Å². The molecule has 2 fully saturated rings. The van der Waals surface area contributed by atoms with Crippen LogP contribution < -0.4 is 10.8 Å². The summed E-state index contributed by atoms with van der Waals surface area (Å²) < 4.78 is 0. The smallest absolute Gasteiger partial charge is 0.423 e. The predicted molar refractivity (Wildman–Crippen MR) is 70.9 cm³/mol. The van der Waals surface area contributed by atoms with Gasteiger partial charge >= 0.3 is 7.12 Å². The normalized spacial score (nSPS) is 21.0. The highest BCUT2D eigenvalue weighted by Crippen LogP contribution is 2.39. The molecule has 1 aliphatic carbocycles. The van der Waals surface area contributed by atoms with Crippen molar-refractivity contribution in [2.24, 2.45) is 0 Å². The Kier molecular flexibility index (Phi) is 3.37. The maximum atomic E-state index is 9.39. The number of rotatable bonds is 3. The van der Waals surface area contributed by atoms with Gasteiger partial charge < -0.3 is 15.4 Å². The number of aromatic nitrogens is 1. The Morgan fingerprint density at radius 3 is 2.06 bits per heavy atom. The second-order valence-corrected chi connectivity index (χ2v) is 5.42. The molecule has 4 nitrogen and oxygen atoms in total. The highest BCUT2D eigenvalue weighted by atomic mass is 16.4. The first-order valence-electron chi connectivity index (χ1n) is 6.82. The Balaban J connectivity index is 1.91. The molecule has 0 atom stereocenters. The number of nitrogens with zero attached hydrogens (tertiary/aromatic N) is 1. The van der Waals surface area contributed by atoms with Crippen molar-refractivity contribution in [1.82, 2.24) is 10.3 Å². The van der Waals surface area contributed by atoms with E-state index in [0.29, 0.717) is 17.3 Å². The van der Waals surface area contributed by atoms with E-state index in [1.807, 2.05) is 12.1 Å². The third-order valence-electron chi connectivity index (χ3n) is 3.94. The highest BCUT2D eigenvalue weighted by molar-refractivity contribution is 6.58. The number of hydrogen-bond acceptors (Lipinski definition) is 4. The fourth-order valence-electron chi connectivity index (χ4n) is 2.66. The molecule has 18 heavy (non-hydrogen) atoms. The summed E-state index contributed by atoms with van der Waals surface area (Å²) in [6, 6.07) is 3.72. The Bertz CT molecular complexity index is 409. The van der Waals surface area contributed by atoms with E-state index in [1.54, 1.807) is 0 Å². The van der Waals surface area contributed by atoms with E-state index in [-0.39, 0.29) is 0 Å². The zero-order valence-corrected chi connectivity index (χ0v) is 10.5. The van der Waals surface area contributed by atoms with Crippen molar-refractivity contribution in [3.63, 3.8) is 0 Å². The Hall–Kier alpha value is -0.905. The Labute approximate surface area is 108 Å². The standard InChI is InChI=1S/C13H19BN2O2/c17-14(18)11-7-12(9-1-2-9)16-13(8-11)10-3-5-15-6-4-10/h7-10,15,17-18H,1-6H2. The third-order valence-corrected chi connectivity index (χ3v) is 3.94. The van der Waals surface area contributed by atoms with Crippen molar-refractivity contribution >= 4 is 12.6 Å². The molecule has 0 aromatic carbocycles. The van der Waals surface area contributed by atoms with E-state index in [2.05, 4.69) is 5.32 Å². The van der Waals surface area contributed by atoms with Crippen LogP contribution in [0.4, 0.5) is 0 Å². The van der Waals surface area contributed by atoms with Crippen LogP contribution in [0.5, 0.6) is 0 Å². The first-order chi connectivity index (χ1) is 8.74. The van der Waals surface area contributed by atoms with Crippen LogP contribution in [0.15, 0.2) is 12.1 Å². The molecule has 5 heteroatoms. The molecule has 0 unspecified atom stereocenters. The van der Waals surface area contributed by atoms with Crippen LogP contribution in [-0.2, 0) is 0 Å². The summed E-state index contributed by atoms with van der Waals surface area (Å²) in [6.07, 6.45) is 4.54. The average Bonchev–Trinajstić information content (AvgIpc) is 3.23. The average molecular weight is 246 g/mol. The van der Waals surface area contributed by atoms with Crippen molar-refractivity contribution < 1.29 is 10.0 Å². The van der Waals surface area contributed by atoms with Crippen LogP contribution in [-0.4, -0.2) is 35.2 Å². The second-order valence-electron chi connectivity index (χ2n) is 5.42. The van der Waals surface area contributed by atoms with Gasteiger partial charge in [-0.1, -0.05) is 0 Å². The van der Waals surface area contributed by atoms with Gasteiger partial charge in [-0.15, -0.1) is 0 Å². The zero-order chi connectivity index (χ0) is 12.5. The topological polar surface area (TPSA) is 65.4 Å². The quantitative estimate of drug-likeness (QED) is 0.662. The van der Waals surface area contributed by atoms with E-state index in [0.717, 1.165) is 37.3 Å². The highest BCUT2D eigenvalue weighted by Gasteiger charge is 2.28. The summed E-state index contributed by atoms with van der Waals surface area (Å²) in [5.74, 6) is 1.01. The van der Waals surface area contributed by atoms with Gasteiger partial charge in [0.2, 0.25) is 0 Å². The number of pyridine rings is 1. The van der Waals surface area contributed by atoms with E-state index in [1.165, 1.54) is 12.8 Å². The molecule has 1 aliphatic heterocycles. The molecule has 3 N–H and O–H groups in total. The summed E-state index contributed by atoms with van der Waals surface area (Å²) in [6.45, 7) is 2.05. The summed E-state index contributed by atoms with van der Waals surface area (Å²) in [7, 11) is -1.38. The van der Waals surface area contributed by atoms with Crippen LogP contribution in [0.25, 0.3) is 0 Å². The van der Waals surface area contributed by atoms with Crippen LogP contribution in [0.2, 0.25) is 0 Å². The second kappa shape index (κ2) is 5.00. The van der Waals surface area contributed by atoms with Gasteiger partial charge in [0.05, 0.1) is 0 Å². The summed E-state index contributed by atoms with van der Waals surface area (Å²) in [4.78, 5) is 4.75. The van der Waals surface area contributed by atoms with Crippen molar-refractivity contribution in [1.29, 1.82) is 0 Å². The van der Waals surface area contributed by atoms with Gasteiger partial charge in [0.25, 0.3) is 0 Å². The molecule has 3 rings (SSSR count). The minimum absolute atomic E-state index is 0.461. The summed E-state index contributed by atoms with van der Waals surface area (Å²) >= 11 is 0. The lowest BCUT2D eigenvalue weighted by Crippen LogP contribution is -2.33. The first-order valence-corrected chi connectivity index (χ1v) is 6.82. The van der Waals surface area contributed by atoms with Gasteiger partial charge in [0.1, 0.15) is 0 Å². The number of hydrogen-bond donors (Lipinski definition) is 3. The lowest BCUT2D eigenvalue weighted by Gasteiger charge is -2.23. The molecule has 1 aromatic rings. The SMILES string of the molecule is OB(O)c1cc(C2CCNCC2)nc(C2CC2)c1. The molecule has 0 radical (unpaired) electrons. The van der Waals surface area contributed by atoms with E-state index in [9.17, 15) is 10.0 Å². The first kappa shape index (κ1) is 12.1. The maximum Gasteiger partial charge on any atom is 0.488 e. The molecular formula is C13H19BN2O2. The van der Waals surface area contributed by atoms with Crippen molar-refractivity contribution in [2.75, 3.05) is 13.1 Å². The van der Waals surface area contributed by atoms with E-state index >= 15 is 0 Å². The van der Waals surface area contributed by atoms with Crippen molar-refractivity contribution in [3.8, 4) is 0 Å². The zero-order valence-electron chi connectivity index (χ0n) is 10.5. The molecule has 96 valence electrons. The van der Waals surface area contributed by atoms with Crippen molar-refractivity contribution in [3.05, 3.63) is 23.5 Å². The molecular weight excluding hydrogens is 227 g/mol. The molecule has 2 aliphatic rings. The fraction of sp³-hybridized carbons (Fsp3) is 0.615. The minimum atomic E-state index is -1.38. The maximum absolute atomic E-state index is 9.39. The third kappa shape index (κ3) is 2.58. The van der Waals surface area contributed by atoms with Crippen LogP contribution in [0.1, 0.15) is 48.9 Å². The molecule has 1 saturated carbocycles. The summed E-state index contributed by atoms with van der Waals surface area (Å²) in [5, 5.41) is 22.1. The Morgan fingerprint density at radius 2 is 1.56 bits per heavy atom. The van der Waals surface area contributed by atoms with Crippen LogP contribution in [0, 0.1) is 0 Å². The largest absolute Gasteiger partial charge is 0.488 e. The van der Waals surface area contributed by atoms with Crippen molar-refractivity contribution in [2.45, 2.75) is 37.5 Å². The fourth-order valence-corrected chi connectivity index (χ4v) is 2.66. The van der Waals surface area contributed by atoms with Gasteiger partial charge in [-0.05, 0) is 56.4 Å². The van der Waals surface area contributed by atoms with Gasteiger partial charge in [-0.25, -0.2) is 0 Å². The lowest BCUT2D eigenvalue weighted by molar-refractivity contribution is 0.425. The number of nitrogens with one attached hydrogen (secondary N) is 1. The van der Waals surface area contributed by atoms with Crippen LogP contribution in [0.3, 0.4) is 0 Å².